The summed E-state index contributed by atoms with van der Waals surface area (Å²) in [6, 6.07) is 8.68. The highest BCUT2D eigenvalue weighted by atomic mass is 35.5. The first-order valence-corrected chi connectivity index (χ1v) is 11.0. The average molecular weight is 460 g/mol. The third kappa shape index (κ3) is 5.63. The summed E-state index contributed by atoms with van der Waals surface area (Å²) in [7, 11) is 0. The van der Waals surface area contributed by atoms with E-state index >= 15 is 0 Å². The zero-order chi connectivity index (χ0) is 22.5. The molecule has 162 valence electrons. The number of esters is 1. The Morgan fingerprint density at radius 2 is 2.06 bits per heavy atom. The quantitative estimate of drug-likeness (QED) is 0.587. The lowest BCUT2D eigenvalue weighted by Crippen LogP contribution is -2.35. The van der Waals surface area contributed by atoms with Crippen molar-refractivity contribution in [2.24, 2.45) is 5.92 Å². The number of thiophene rings is 1. The molecule has 1 saturated carbocycles. The predicted molar refractivity (Wildman–Crippen MR) is 119 cm³/mol. The zero-order valence-electron chi connectivity index (χ0n) is 17.2. The van der Waals surface area contributed by atoms with Gasteiger partial charge in [0.15, 0.2) is 6.61 Å². The number of amides is 2. The van der Waals surface area contributed by atoms with E-state index in [9.17, 15) is 14.4 Å². The van der Waals surface area contributed by atoms with Gasteiger partial charge in [-0.3, -0.25) is 9.59 Å². The van der Waals surface area contributed by atoms with Crippen LogP contribution in [0.25, 0.3) is 0 Å². The average Bonchev–Trinajstić information content (AvgIpc) is 3.54. The smallest absolute Gasteiger partial charge is 0.341 e. The van der Waals surface area contributed by atoms with Crippen LogP contribution in [-0.2, 0) is 14.3 Å². The number of aryl methyl sites for hydroxylation is 1. The number of rotatable bonds is 8. The number of nitrogens with one attached hydrogen (secondary N) is 1. The first-order valence-electron chi connectivity index (χ1n) is 9.82. The molecule has 0 radical (unpaired) electrons. The highest BCUT2D eigenvalue weighted by Crippen LogP contribution is 2.36. The summed E-state index contributed by atoms with van der Waals surface area (Å²) in [5.41, 5.74) is 1.50. The Balaban J connectivity index is 1.72. The number of halogens is 1. The molecule has 1 N–H and O–H groups in total. The van der Waals surface area contributed by atoms with Gasteiger partial charge in [-0.15, -0.1) is 11.3 Å². The fraction of sp³-hybridized carbons (Fsp3) is 0.364. The molecule has 1 aromatic heterocycles. The summed E-state index contributed by atoms with van der Waals surface area (Å²) in [6.07, 6.45) is 1.82. The van der Waals surface area contributed by atoms with E-state index in [1.807, 2.05) is 13.0 Å². The van der Waals surface area contributed by atoms with Gasteiger partial charge in [-0.25, -0.2) is 4.79 Å². The maximum Gasteiger partial charge on any atom is 0.341 e. The lowest BCUT2D eigenvalue weighted by atomic mass is 10.1. The molecule has 9 heteroatoms. The molecule has 1 heterocycles. The van der Waals surface area contributed by atoms with E-state index in [0.29, 0.717) is 21.3 Å². The number of carbonyl (C=O) groups excluding carboxylic acids is 3. The Morgan fingerprint density at radius 3 is 2.71 bits per heavy atom. The van der Waals surface area contributed by atoms with Crippen molar-refractivity contribution in [3.63, 3.8) is 0 Å². The van der Waals surface area contributed by atoms with Crippen LogP contribution in [0.5, 0.6) is 0 Å². The number of carbonyl (C=O) groups is 3. The first kappa shape index (κ1) is 22.8. The molecule has 0 saturated heterocycles. The van der Waals surface area contributed by atoms with Gasteiger partial charge in [-0.2, -0.15) is 5.26 Å². The molecule has 0 unspecified atom stereocenters. The van der Waals surface area contributed by atoms with E-state index in [-0.39, 0.29) is 30.4 Å². The summed E-state index contributed by atoms with van der Waals surface area (Å²) >= 11 is 7.33. The molecule has 0 spiro atoms. The predicted octanol–water partition coefficient (Wildman–Crippen LogP) is 4.47. The second-order valence-corrected chi connectivity index (χ2v) is 8.92. The molecular formula is C22H22ClN3O4S. The monoisotopic (exact) mass is 459 g/mol. The second-order valence-electron chi connectivity index (χ2n) is 7.26. The lowest BCUT2D eigenvalue weighted by molar-refractivity contribution is -0.121. The van der Waals surface area contributed by atoms with E-state index in [2.05, 4.69) is 5.32 Å². The third-order valence-electron chi connectivity index (χ3n) is 4.97. The van der Waals surface area contributed by atoms with Crippen LogP contribution < -0.4 is 10.2 Å². The van der Waals surface area contributed by atoms with Crippen molar-refractivity contribution in [2.45, 2.75) is 33.1 Å². The van der Waals surface area contributed by atoms with Crippen molar-refractivity contribution >= 4 is 51.4 Å². The van der Waals surface area contributed by atoms with Crippen LogP contribution >= 0.6 is 22.9 Å². The van der Waals surface area contributed by atoms with Crippen LogP contribution in [0, 0.1) is 31.1 Å². The van der Waals surface area contributed by atoms with Crippen LogP contribution in [0.1, 0.15) is 40.1 Å². The molecule has 2 amide bonds. The van der Waals surface area contributed by atoms with Crippen LogP contribution in [-0.4, -0.2) is 30.9 Å². The Labute approximate surface area is 189 Å². The number of nitrogens with zero attached hydrogens (tertiary/aromatic N) is 2. The molecule has 1 fully saturated rings. The number of benzene rings is 1. The van der Waals surface area contributed by atoms with Crippen LogP contribution in [0.4, 0.5) is 10.7 Å². The molecule has 1 aliphatic rings. The SMILES string of the molecule is Cc1sc(NC(=O)C2CC2)c(C(=O)OCC(=O)N(CCC#N)c2cccc(Cl)c2)c1C. The molecular weight excluding hydrogens is 438 g/mol. The molecule has 1 aliphatic carbocycles. The van der Waals surface area contributed by atoms with E-state index < -0.39 is 18.5 Å². The Kier molecular flexibility index (Phi) is 7.31. The number of hydrogen-bond acceptors (Lipinski definition) is 6. The molecule has 1 aromatic carbocycles. The first-order chi connectivity index (χ1) is 14.8. The number of ether oxygens (including phenoxy) is 1. The Bertz CT molecular complexity index is 1060. The number of hydrogen-bond donors (Lipinski definition) is 1. The van der Waals surface area contributed by atoms with Crippen LogP contribution in [0.2, 0.25) is 5.02 Å². The van der Waals surface area contributed by atoms with Crippen molar-refractivity contribution in [3.05, 3.63) is 45.3 Å². The van der Waals surface area contributed by atoms with Gasteiger partial charge in [0, 0.05) is 28.0 Å². The second kappa shape index (κ2) is 9.94. The summed E-state index contributed by atoms with van der Waals surface area (Å²) in [5, 5.41) is 12.6. The van der Waals surface area contributed by atoms with Gasteiger partial charge in [-0.1, -0.05) is 17.7 Å². The van der Waals surface area contributed by atoms with E-state index in [0.717, 1.165) is 17.7 Å². The molecule has 2 aromatic rings. The molecule has 7 nitrogen and oxygen atoms in total. The van der Waals surface area contributed by atoms with Crippen molar-refractivity contribution in [1.82, 2.24) is 0 Å². The van der Waals surface area contributed by atoms with Gasteiger partial charge >= 0.3 is 5.97 Å². The van der Waals surface area contributed by atoms with Crippen molar-refractivity contribution in [1.29, 1.82) is 5.26 Å². The minimum absolute atomic E-state index is 0.000417. The minimum Gasteiger partial charge on any atom is -0.452 e. The number of anilines is 2. The normalized spacial score (nSPS) is 12.7. The van der Waals surface area contributed by atoms with Crippen molar-refractivity contribution in [3.8, 4) is 6.07 Å². The standard InChI is InChI=1S/C22H22ClN3O4S/c1-13-14(2)31-21(25-20(28)15-7-8-15)19(13)22(29)30-12-18(27)26(10-4-9-24)17-6-3-5-16(23)11-17/h3,5-6,11,15H,4,7-8,10,12H2,1-2H3,(H,25,28). The van der Waals surface area contributed by atoms with E-state index in [1.165, 1.54) is 16.2 Å². The van der Waals surface area contributed by atoms with Crippen LogP contribution in [0.15, 0.2) is 24.3 Å². The molecule has 3 rings (SSSR count). The highest BCUT2D eigenvalue weighted by Gasteiger charge is 2.32. The largest absolute Gasteiger partial charge is 0.452 e. The number of nitriles is 1. The van der Waals surface area contributed by atoms with Gasteiger partial charge in [0.1, 0.15) is 5.00 Å². The van der Waals surface area contributed by atoms with Gasteiger partial charge < -0.3 is 15.0 Å². The molecule has 0 atom stereocenters. The van der Waals surface area contributed by atoms with Gasteiger partial charge in [0.05, 0.1) is 18.1 Å². The minimum atomic E-state index is -0.673. The van der Waals surface area contributed by atoms with Gasteiger partial charge in [-0.05, 0) is 50.5 Å². The highest BCUT2D eigenvalue weighted by molar-refractivity contribution is 7.16. The molecule has 0 aliphatic heterocycles. The Morgan fingerprint density at radius 1 is 1.32 bits per heavy atom. The lowest BCUT2D eigenvalue weighted by Gasteiger charge is -2.22. The summed E-state index contributed by atoms with van der Waals surface area (Å²) in [4.78, 5) is 40.0. The fourth-order valence-corrected chi connectivity index (χ4v) is 4.24. The topological polar surface area (TPSA) is 99.5 Å². The zero-order valence-corrected chi connectivity index (χ0v) is 18.8. The summed E-state index contributed by atoms with van der Waals surface area (Å²) in [5.74, 6) is -1.25. The fourth-order valence-electron chi connectivity index (χ4n) is 3.00. The van der Waals surface area contributed by atoms with Crippen LogP contribution in [0.3, 0.4) is 0 Å². The molecule has 31 heavy (non-hydrogen) atoms. The van der Waals surface area contributed by atoms with E-state index in [1.54, 1.807) is 31.2 Å². The molecule has 0 bridgehead atoms. The van der Waals surface area contributed by atoms with Crippen molar-refractivity contribution in [2.75, 3.05) is 23.4 Å². The van der Waals surface area contributed by atoms with Gasteiger partial charge in [0.25, 0.3) is 5.91 Å². The maximum absolute atomic E-state index is 12.8. The summed E-state index contributed by atoms with van der Waals surface area (Å²) < 4.78 is 5.30. The van der Waals surface area contributed by atoms with E-state index in [4.69, 9.17) is 21.6 Å². The van der Waals surface area contributed by atoms with Crippen molar-refractivity contribution < 1.29 is 19.1 Å². The Hall–Kier alpha value is -2.89. The summed E-state index contributed by atoms with van der Waals surface area (Å²) in [6.45, 7) is 3.29. The van der Waals surface area contributed by atoms with Gasteiger partial charge in [0.2, 0.25) is 5.91 Å². The maximum atomic E-state index is 12.8. The third-order valence-corrected chi connectivity index (χ3v) is 6.33.